The molecule has 0 aliphatic carbocycles. The molecule has 0 spiro atoms. The summed E-state index contributed by atoms with van der Waals surface area (Å²) in [4.78, 5) is 13.0. The van der Waals surface area contributed by atoms with Crippen molar-refractivity contribution < 1.29 is 13.2 Å². The molecule has 140 valence electrons. The van der Waals surface area contributed by atoms with E-state index in [0.29, 0.717) is 29.0 Å². The standard InChI is InChI=1S/C18H18N4O3S2/c1-21-15-5-2-3-6-16(15)26-18(21)20-19-17(23)13-7-9-14(10-8-13)22-11-4-12-27(22,24)25/h2-3,5-10H,4,11-12H2,1H3,(H,19,23)/b20-18+. The fourth-order valence-corrected chi connectivity index (χ4v) is 5.60. The summed E-state index contributed by atoms with van der Waals surface area (Å²) in [5, 5.41) is 4.22. The SMILES string of the molecule is Cn1/c(=N\NC(=O)c2ccc(N3CCCS3(=O)=O)cc2)sc2ccccc21. The Morgan fingerprint density at radius 2 is 1.89 bits per heavy atom. The number of nitrogens with one attached hydrogen (secondary N) is 1. The van der Waals surface area contributed by atoms with Crippen LogP contribution in [0.1, 0.15) is 16.8 Å². The third-order valence-electron chi connectivity index (χ3n) is 4.48. The van der Waals surface area contributed by atoms with Gasteiger partial charge in [-0.15, -0.1) is 5.10 Å². The molecule has 1 fully saturated rings. The molecule has 0 bridgehead atoms. The number of para-hydroxylation sites is 1. The predicted octanol–water partition coefficient (Wildman–Crippen LogP) is 2.03. The Morgan fingerprint density at radius 3 is 2.56 bits per heavy atom. The summed E-state index contributed by atoms with van der Waals surface area (Å²) >= 11 is 1.49. The maximum absolute atomic E-state index is 12.4. The summed E-state index contributed by atoms with van der Waals surface area (Å²) in [7, 11) is -1.33. The Morgan fingerprint density at radius 1 is 1.15 bits per heavy atom. The van der Waals surface area contributed by atoms with Gasteiger partial charge in [0.25, 0.3) is 5.91 Å². The highest BCUT2D eigenvalue weighted by Gasteiger charge is 2.28. The van der Waals surface area contributed by atoms with E-state index in [9.17, 15) is 13.2 Å². The van der Waals surface area contributed by atoms with E-state index in [1.807, 2.05) is 35.9 Å². The Balaban J connectivity index is 1.54. The first kappa shape index (κ1) is 17.7. The topological polar surface area (TPSA) is 83.8 Å². The summed E-state index contributed by atoms with van der Waals surface area (Å²) in [6.45, 7) is 0.478. The van der Waals surface area contributed by atoms with E-state index in [1.165, 1.54) is 15.6 Å². The molecule has 3 aromatic rings. The normalized spacial score (nSPS) is 16.8. The Kier molecular flexibility index (Phi) is 4.48. The molecule has 2 aromatic carbocycles. The highest BCUT2D eigenvalue weighted by Crippen LogP contribution is 2.24. The van der Waals surface area contributed by atoms with Gasteiger partial charge in [0.1, 0.15) is 0 Å². The molecular weight excluding hydrogens is 384 g/mol. The van der Waals surface area contributed by atoms with Gasteiger partial charge in [0, 0.05) is 19.2 Å². The average molecular weight is 403 g/mol. The number of carbonyl (C=O) groups is 1. The molecule has 0 saturated carbocycles. The zero-order valence-corrected chi connectivity index (χ0v) is 16.3. The third-order valence-corrected chi connectivity index (χ3v) is 7.47. The minimum absolute atomic E-state index is 0.167. The highest BCUT2D eigenvalue weighted by molar-refractivity contribution is 7.93. The third kappa shape index (κ3) is 3.35. The summed E-state index contributed by atoms with van der Waals surface area (Å²) in [6, 6.07) is 14.4. The van der Waals surface area contributed by atoms with Crippen LogP contribution < -0.4 is 14.5 Å². The van der Waals surface area contributed by atoms with Crippen molar-refractivity contribution in [3.05, 3.63) is 58.9 Å². The van der Waals surface area contributed by atoms with Crippen LogP contribution in [0.3, 0.4) is 0 Å². The lowest BCUT2D eigenvalue weighted by Crippen LogP contribution is -2.25. The van der Waals surface area contributed by atoms with Crippen molar-refractivity contribution in [2.75, 3.05) is 16.6 Å². The number of thiazole rings is 1. The molecule has 4 rings (SSSR count). The second-order valence-corrected chi connectivity index (χ2v) is 9.27. The van der Waals surface area contributed by atoms with Crippen molar-refractivity contribution in [2.45, 2.75) is 6.42 Å². The molecule has 0 radical (unpaired) electrons. The molecule has 1 amide bonds. The lowest BCUT2D eigenvalue weighted by Gasteiger charge is -2.16. The van der Waals surface area contributed by atoms with E-state index < -0.39 is 10.0 Å². The number of rotatable bonds is 3. The van der Waals surface area contributed by atoms with Gasteiger partial charge in [-0.2, -0.15) is 0 Å². The van der Waals surface area contributed by atoms with E-state index in [-0.39, 0.29) is 11.7 Å². The van der Waals surface area contributed by atoms with Gasteiger partial charge in [0.05, 0.1) is 21.7 Å². The molecule has 2 heterocycles. The number of fused-ring (bicyclic) bond motifs is 1. The number of hydrogen-bond acceptors (Lipinski definition) is 5. The molecule has 0 unspecified atom stereocenters. The van der Waals surface area contributed by atoms with Gasteiger partial charge in [0.15, 0.2) is 0 Å². The lowest BCUT2D eigenvalue weighted by atomic mass is 10.2. The van der Waals surface area contributed by atoms with E-state index >= 15 is 0 Å². The molecule has 1 N–H and O–H groups in total. The minimum Gasteiger partial charge on any atom is -0.318 e. The van der Waals surface area contributed by atoms with Crippen LogP contribution in [0.25, 0.3) is 10.2 Å². The van der Waals surface area contributed by atoms with Crippen molar-refractivity contribution in [3.63, 3.8) is 0 Å². The van der Waals surface area contributed by atoms with Crippen LogP contribution in [-0.2, 0) is 17.1 Å². The van der Waals surface area contributed by atoms with Crippen molar-refractivity contribution >= 4 is 43.2 Å². The average Bonchev–Trinajstić information content (AvgIpc) is 3.19. The quantitative estimate of drug-likeness (QED) is 0.681. The van der Waals surface area contributed by atoms with Gasteiger partial charge in [-0.1, -0.05) is 23.5 Å². The smallest absolute Gasteiger partial charge is 0.271 e. The molecule has 1 aliphatic heterocycles. The first-order valence-electron chi connectivity index (χ1n) is 8.45. The number of anilines is 1. The van der Waals surface area contributed by atoms with Gasteiger partial charge in [-0.3, -0.25) is 9.10 Å². The molecule has 7 nitrogen and oxygen atoms in total. The zero-order valence-electron chi connectivity index (χ0n) is 14.6. The van der Waals surface area contributed by atoms with Crippen molar-refractivity contribution in [3.8, 4) is 0 Å². The number of carbonyl (C=O) groups excluding carboxylic acids is 1. The Hall–Kier alpha value is -2.65. The number of sulfonamides is 1. The summed E-state index contributed by atoms with van der Waals surface area (Å²) in [6.07, 6.45) is 0.621. The Bertz CT molecular complexity index is 1180. The zero-order chi connectivity index (χ0) is 19.0. The van der Waals surface area contributed by atoms with Gasteiger partial charge in [-0.25, -0.2) is 13.8 Å². The second-order valence-electron chi connectivity index (χ2n) is 6.25. The van der Waals surface area contributed by atoms with Crippen LogP contribution in [0.2, 0.25) is 0 Å². The number of benzene rings is 2. The van der Waals surface area contributed by atoms with Gasteiger partial charge in [0.2, 0.25) is 14.8 Å². The van der Waals surface area contributed by atoms with E-state index in [4.69, 9.17) is 0 Å². The second kappa shape index (κ2) is 6.82. The van der Waals surface area contributed by atoms with E-state index in [1.54, 1.807) is 24.3 Å². The molecule has 27 heavy (non-hydrogen) atoms. The van der Waals surface area contributed by atoms with Crippen LogP contribution >= 0.6 is 11.3 Å². The summed E-state index contributed by atoms with van der Waals surface area (Å²) < 4.78 is 28.3. The largest absolute Gasteiger partial charge is 0.318 e. The first-order chi connectivity index (χ1) is 13.0. The van der Waals surface area contributed by atoms with Gasteiger partial charge < -0.3 is 4.57 Å². The number of aryl methyl sites for hydroxylation is 1. The minimum atomic E-state index is -3.22. The van der Waals surface area contributed by atoms with Gasteiger partial charge in [-0.05, 0) is 42.8 Å². The summed E-state index contributed by atoms with van der Waals surface area (Å²) in [5.41, 5.74) is 4.61. The van der Waals surface area contributed by atoms with E-state index in [0.717, 1.165) is 10.2 Å². The monoisotopic (exact) mass is 402 g/mol. The van der Waals surface area contributed by atoms with Crippen molar-refractivity contribution in [1.29, 1.82) is 0 Å². The molecule has 1 aliphatic rings. The van der Waals surface area contributed by atoms with E-state index in [2.05, 4.69) is 10.5 Å². The van der Waals surface area contributed by atoms with Crippen LogP contribution in [-0.4, -0.2) is 31.2 Å². The Labute approximate surface area is 160 Å². The van der Waals surface area contributed by atoms with Crippen LogP contribution in [0.4, 0.5) is 5.69 Å². The fourth-order valence-electron chi connectivity index (χ4n) is 3.06. The highest BCUT2D eigenvalue weighted by atomic mass is 32.2. The number of hydrogen-bond donors (Lipinski definition) is 1. The van der Waals surface area contributed by atoms with Crippen LogP contribution in [0.5, 0.6) is 0 Å². The van der Waals surface area contributed by atoms with Crippen molar-refractivity contribution in [2.24, 2.45) is 12.1 Å². The molecule has 0 atom stereocenters. The number of amides is 1. The first-order valence-corrected chi connectivity index (χ1v) is 10.9. The molecule has 1 aromatic heterocycles. The molecule has 9 heteroatoms. The maximum atomic E-state index is 12.4. The number of aromatic nitrogens is 1. The molecule has 1 saturated heterocycles. The molecular formula is C18H18N4O3S2. The van der Waals surface area contributed by atoms with Crippen LogP contribution in [0.15, 0.2) is 53.6 Å². The fraction of sp³-hybridized carbons (Fsp3) is 0.222. The predicted molar refractivity (Wildman–Crippen MR) is 106 cm³/mol. The summed E-state index contributed by atoms with van der Waals surface area (Å²) in [5.74, 6) is -0.177. The van der Waals surface area contributed by atoms with Crippen LogP contribution in [0, 0.1) is 0 Å². The van der Waals surface area contributed by atoms with Gasteiger partial charge >= 0.3 is 0 Å². The lowest BCUT2D eigenvalue weighted by molar-refractivity contribution is 0.0953. The van der Waals surface area contributed by atoms with Crippen molar-refractivity contribution in [1.82, 2.24) is 9.99 Å². The number of nitrogens with zero attached hydrogens (tertiary/aromatic N) is 3. The maximum Gasteiger partial charge on any atom is 0.271 e.